The summed E-state index contributed by atoms with van der Waals surface area (Å²) in [5.41, 5.74) is 0. The molecule has 0 fully saturated rings. The summed E-state index contributed by atoms with van der Waals surface area (Å²) in [7, 11) is 0. The highest BCUT2D eigenvalue weighted by atomic mass is 16.2. The SMILES string of the molecule is CC(CCCO)NCCN(C(C)C)C(C)C. The van der Waals surface area contributed by atoms with Crippen molar-refractivity contribution in [1.82, 2.24) is 10.2 Å². The first-order chi connectivity index (χ1) is 7.49. The molecule has 0 aliphatic heterocycles. The summed E-state index contributed by atoms with van der Waals surface area (Å²) >= 11 is 0. The number of aliphatic hydroxyl groups excluding tert-OH is 1. The van der Waals surface area contributed by atoms with Crippen LogP contribution >= 0.6 is 0 Å². The maximum absolute atomic E-state index is 8.74. The van der Waals surface area contributed by atoms with E-state index in [1.807, 2.05) is 0 Å². The van der Waals surface area contributed by atoms with E-state index in [4.69, 9.17) is 5.11 Å². The second-order valence-electron chi connectivity index (χ2n) is 5.15. The molecule has 16 heavy (non-hydrogen) atoms. The summed E-state index contributed by atoms with van der Waals surface area (Å²) < 4.78 is 0. The predicted octanol–water partition coefficient (Wildman–Crippen LogP) is 1.86. The number of rotatable bonds is 9. The first kappa shape index (κ1) is 15.9. The van der Waals surface area contributed by atoms with Gasteiger partial charge in [0.1, 0.15) is 0 Å². The van der Waals surface area contributed by atoms with Gasteiger partial charge in [0.15, 0.2) is 0 Å². The Balaban J connectivity index is 3.69. The third kappa shape index (κ3) is 7.20. The third-order valence-corrected chi connectivity index (χ3v) is 2.98. The maximum Gasteiger partial charge on any atom is 0.0431 e. The minimum absolute atomic E-state index is 0.302. The highest BCUT2D eigenvalue weighted by molar-refractivity contribution is 4.69. The van der Waals surface area contributed by atoms with E-state index in [1.165, 1.54) is 0 Å². The van der Waals surface area contributed by atoms with Crippen LogP contribution in [0.1, 0.15) is 47.5 Å². The van der Waals surface area contributed by atoms with Gasteiger partial charge in [0.2, 0.25) is 0 Å². The van der Waals surface area contributed by atoms with Crippen molar-refractivity contribution in [3.8, 4) is 0 Å². The first-order valence-corrected chi connectivity index (χ1v) is 6.59. The average Bonchev–Trinajstić information content (AvgIpc) is 2.20. The van der Waals surface area contributed by atoms with Crippen LogP contribution in [0.25, 0.3) is 0 Å². The van der Waals surface area contributed by atoms with Crippen molar-refractivity contribution in [3.63, 3.8) is 0 Å². The minimum atomic E-state index is 0.302. The summed E-state index contributed by atoms with van der Waals surface area (Å²) in [6.07, 6.45) is 1.95. The van der Waals surface area contributed by atoms with E-state index in [1.54, 1.807) is 0 Å². The molecule has 2 N–H and O–H groups in total. The van der Waals surface area contributed by atoms with Crippen molar-refractivity contribution in [1.29, 1.82) is 0 Å². The third-order valence-electron chi connectivity index (χ3n) is 2.98. The van der Waals surface area contributed by atoms with Crippen LogP contribution in [0.2, 0.25) is 0 Å². The number of nitrogens with zero attached hydrogens (tertiary/aromatic N) is 1. The van der Waals surface area contributed by atoms with Gasteiger partial charge in [-0.3, -0.25) is 4.90 Å². The fourth-order valence-corrected chi connectivity index (χ4v) is 2.05. The molecule has 0 aliphatic carbocycles. The predicted molar refractivity (Wildman–Crippen MR) is 70.8 cm³/mol. The fourth-order valence-electron chi connectivity index (χ4n) is 2.05. The van der Waals surface area contributed by atoms with Gasteiger partial charge in [-0.25, -0.2) is 0 Å². The molecule has 3 heteroatoms. The van der Waals surface area contributed by atoms with Crippen molar-refractivity contribution in [2.24, 2.45) is 0 Å². The van der Waals surface area contributed by atoms with E-state index >= 15 is 0 Å². The van der Waals surface area contributed by atoms with Gasteiger partial charge in [-0.05, 0) is 47.5 Å². The zero-order valence-corrected chi connectivity index (χ0v) is 11.7. The Morgan fingerprint density at radius 2 is 1.62 bits per heavy atom. The van der Waals surface area contributed by atoms with Gasteiger partial charge >= 0.3 is 0 Å². The number of hydrogen-bond acceptors (Lipinski definition) is 3. The lowest BCUT2D eigenvalue weighted by Crippen LogP contribution is -2.42. The number of nitrogens with one attached hydrogen (secondary N) is 1. The van der Waals surface area contributed by atoms with Gasteiger partial charge in [-0.15, -0.1) is 0 Å². The summed E-state index contributed by atoms with van der Waals surface area (Å²) in [5.74, 6) is 0. The number of aliphatic hydroxyl groups is 1. The molecule has 3 nitrogen and oxygen atoms in total. The zero-order valence-electron chi connectivity index (χ0n) is 11.7. The molecule has 0 aromatic heterocycles. The normalized spacial score (nSPS) is 14.1. The smallest absolute Gasteiger partial charge is 0.0431 e. The van der Waals surface area contributed by atoms with Crippen LogP contribution in [0.3, 0.4) is 0 Å². The molecule has 0 aromatic carbocycles. The molecule has 0 saturated carbocycles. The molecule has 0 heterocycles. The molecule has 0 spiro atoms. The largest absolute Gasteiger partial charge is 0.396 e. The Morgan fingerprint density at radius 3 is 2.06 bits per heavy atom. The van der Waals surface area contributed by atoms with E-state index in [-0.39, 0.29) is 0 Å². The standard InChI is InChI=1S/C13H30N2O/c1-11(2)15(12(3)4)9-8-14-13(5)7-6-10-16/h11-14,16H,6-10H2,1-5H3. The van der Waals surface area contributed by atoms with Gasteiger partial charge < -0.3 is 10.4 Å². The summed E-state index contributed by atoms with van der Waals surface area (Å²) in [5, 5.41) is 12.2. The van der Waals surface area contributed by atoms with Gasteiger partial charge in [-0.2, -0.15) is 0 Å². The van der Waals surface area contributed by atoms with E-state index in [0.29, 0.717) is 24.7 Å². The van der Waals surface area contributed by atoms with E-state index < -0.39 is 0 Å². The molecule has 0 rings (SSSR count). The molecule has 0 aliphatic rings. The van der Waals surface area contributed by atoms with Crippen LogP contribution in [0.15, 0.2) is 0 Å². The Labute approximate surface area is 101 Å². The Hall–Kier alpha value is -0.120. The maximum atomic E-state index is 8.74. The quantitative estimate of drug-likeness (QED) is 0.634. The van der Waals surface area contributed by atoms with Crippen molar-refractivity contribution in [2.75, 3.05) is 19.7 Å². The van der Waals surface area contributed by atoms with Gasteiger partial charge in [0.25, 0.3) is 0 Å². The fraction of sp³-hybridized carbons (Fsp3) is 1.00. The lowest BCUT2D eigenvalue weighted by atomic mass is 10.2. The topological polar surface area (TPSA) is 35.5 Å². The lowest BCUT2D eigenvalue weighted by molar-refractivity contribution is 0.173. The highest BCUT2D eigenvalue weighted by Crippen LogP contribution is 2.03. The Kier molecular flexibility index (Phi) is 8.90. The van der Waals surface area contributed by atoms with Crippen LogP contribution in [-0.4, -0.2) is 47.8 Å². The lowest BCUT2D eigenvalue weighted by Gasteiger charge is -2.31. The van der Waals surface area contributed by atoms with Crippen molar-refractivity contribution in [3.05, 3.63) is 0 Å². The van der Waals surface area contributed by atoms with Gasteiger partial charge in [0.05, 0.1) is 0 Å². The second kappa shape index (κ2) is 8.97. The van der Waals surface area contributed by atoms with Crippen molar-refractivity contribution in [2.45, 2.75) is 65.6 Å². The van der Waals surface area contributed by atoms with Crippen LogP contribution in [-0.2, 0) is 0 Å². The van der Waals surface area contributed by atoms with Crippen molar-refractivity contribution >= 4 is 0 Å². The molecule has 0 amide bonds. The molecule has 0 bridgehead atoms. The average molecular weight is 230 g/mol. The molecule has 1 atom stereocenters. The summed E-state index contributed by atoms with van der Waals surface area (Å²) in [4.78, 5) is 2.49. The molecule has 0 aromatic rings. The van der Waals surface area contributed by atoms with Crippen molar-refractivity contribution < 1.29 is 5.11 Å². The van der Waals surface area contributed by atoms with Crippen LogP contribution in [0.4, 0.5) is 0 Å². The Morgan fingerprint density at radius 1 is 1.06 bits per heavy atom. The van der Waals surface area contributed by atoms with E-state index in [9.17, 15) is 0 Å². The Bertz CT molecular complexity index is 152. The molecule has 98 valence electrons. The molecule has 0 radical (unpaired) electrons. The molecule has 0 saturated heterocycles. The highest BCUT2D eigenvalue weighted by Gasteiger charge is 2.12. The summed E-state index contributed by atoms with van der Waals surface area (Å²) in [6, 6.07) is 1.72. The van der Waals surface area contributed by atoms with Gasteiger partial charge in [0, 0.05) is 37.8 Å². The van der Waals surface area contributed by atoms with Crippen LogP contribution in [0, 0.1) is 0 Å². The van der Waals surface area contributed by atoms with Crippen LogP contribution < -0.4 is 5.32 Å². The minimum Gasteiger partial charge on any atom is -0.396 e. The first-order valence-electron chi connectivity index (χ1n) is 6.59. The molecule has 1 unspecified atom stereocenters. The van der Waals surface area contributed by atoms with Crippen LogP contribution in [0.5, 0.6) is 0 Å². The molecular formula is C13H30N2O. The van der Waals surface area contributed by atoms with E-state index in [2.05, 4.69) is 44.8 Å². The van der Waals surface area contributed by atoms with E-state index in [0.717, 1.165) is 25.9 Å². The zero-order chi connectivity index (χ0) is 12.6. The second-order valence-corrected chi connectivity index (χ2v) is 5.15. The summed E-state index contributed by atoms with van der Waals surface area (Å²) in [6.45, 7) is 13.6. The number of hydrogen-bond donors (Lipinski definition) is 2. The molecular weight excluding hydrogens is 200 g/mol. The van der Waals surface area contributed by atoms with Gasteiger partial charge in [-0.1, -0.05) is 0 Å². The monoisotopic (exact) mass is 230 g/mol.